The first kappa shape index (κ1) is 29.3. The van der Waals surface area contributed by atoms with E-state index < -0.39 is 75.9 Å². The molecule has 0 radical (unpaired) electrons. The first-order valence-electron chi connectivity index (χ1n) is 12.7. The summed E-state index contributed by atoms with van der Waals surface area (Å²) in [5, 5.41) is 89.2. The van der Waals surface area contributed by atoms with Crippen LogP contribution in [0.15, 0.2) is 48.5 Å². The fourth-order valence-corrected chi connectivity index (χ4v) is 4.67. The number of fused-ring (bicyclic) bond motifs is 1. The smallest absolute Gasteiger partial charge is 0.343 e. The maximum atomic E-state index is 13.1. The lowest BCUT2D eigenvalue weighted by atomic mass is 9.92. The van der Waals surface area contributed by atoms with Gasteiger partial charge in [0.25, 0.3) is 0 Å². The zero-order chi connectivity index (χ0) is 32.0. The standard InChI is InChI=1S/C30H24O14/c1-11-2-12(3-17(32)25(11)37)28-24(44-30(41)14-6-20(35)27(39)21(36)7-14)10-16-22(42-28)8-15(31)9-23(16)43-29(40)13-4-18(33)26(38)19(34)5-13/h2-9,24,28,31-39H,10H2,1H3/t24-,28-/m1/s1. The third-order valence-corrected chi connectivity index (χ3v) is 6.85. The molecule has 0 aliphatic carbocycles. The number of carbonyl (C=O) groups is 2. The van der Waals surface area contributed by atoms with Crippen molar-refractivity contribution in [3.05, 3.63) is 76.3 Å². The first-order valence-corrected chi connectivity index (χ1v) is 12.7. The van der Waals surface area contributed by atoms with E-state index in [4.69, 9.17) is 14.2 Å². The molecule has 44 heavy (non-hydrogen) atoms. The molecule has 1 heterocycles. The Balaban J connectivity index is 1.55. The molecule has 0 amide bonds. The summed E-state index contributed by atoms with van der Waals surface area (Å²) in [6.07, 6.45) is -2.69. The van der Waals surface area contributed by atoms with Gasteiger partial charge in [-0.05, 0) is 48.9 Å². The lowest BCUT2D eigenvalue weighted by Crippen LogP contribution is -2.35. The summed E-state index contributed by atoms with van der Waals surface area (Å²) in [5.74, 6) is -8.69. The number of benzene rings is 4. The third-order valence-electron chi connectivity index (χ3n) is 6.85. The third kappa shape index (κ3) is 5.38. The van der Waals surface area contributed by atoms with Gasteiger partial charge in [0.1, 0.15) is 23.4 Å². The summed E-state index contributed by atoms with van der Waals surface area (Å²) in [6, 6.07) is 8.27. The van der Waals surface area contributed by atoms with Gasteiger partial charge in [0.2, 0.25) is 0 Å². The monoisotopic (exact) mass is 608 g/mol. The van der Waals surface area contributed by atoms with Gasteiger partial charge in [0, 0.05) is 29.7 Å². The first-order chi connectivity index (χ1) is 20.7. The summed E-state index contributed by atoms with van der Waals surface area (Å²) in [5.41, 5.74) is -0.118. The van der Waals surface area contributed by atoms with Crippen molar-refractivity contribution in [2.45, 2.75) is 25.6 Å². The Bertz CT molecular complexity index is 1760. The van der Waals surface area contributed by atoms with Crippen molar-refractivity contribution < 1.29 is 69.8 Å². The topological polar surface area (TPSA) is 244 Å². The zero-order valence-electron chi connectivity index (χ0n) is 22.5. The van der Waals surface area contributed by atoms with E-state index in [0.717, 1.165) is 30.3 Å². The molecule has 0 spiro atoms. The van der Waals surface area contributed by atoms with Crippen LogP contribution in [0.5, 0.6) is 63.2 Å². The quantitative estimate of drug-likeness (QED) is 0.0895. The maximum absolute atomic E-state index is 13.1. The van der Waals surface area contributed by atoms with Crippen LogP contribution in [0, 0.1) is 6.92 Å². The Hall–Kier alpha value is -6.18. The van der Waals surface area contributed by atoms with Gasteiger partial charge in [0.15, 0.2) is 52.1 Å². The molecule has 228 valence electrons. The van der Waals surface area contributed by atoms with Crippen LogP contribution in [0.2, 0.25) is 0 Å². The van der Waals surface area contributed by atoms with Crippen molar-refractivity contribution in [2.24, 2.45) is 0 Å². The molecule has 0 saturated heterocycles. The molecule has 0 saturated carbocycles. The van der Waals surface area contributed by atoms with E-state index in [1.807, 2.05) is 0 Å². The molecule has 4 aromatic rings. The number of hydrogen-bond acceptors (Lipinski definition) is 14. The van der Waals surface area contributed by atoms with Crippen molar-refractivity contribution in [3.8, 4) is 63.2 Å². The van der Waals surface area contributed by atoms with E-state index in [-0.39, 0.29) is 45.7 Å². The highest BCUT2D eigenvalue weighted by Gasteiger charge is 2.38. The second-order valence-electron chi connectivity index (χ2n) is 9.93. The molecule has 9 N–H and O–H groups in total. The van der Waals surface area contributed by atoms with Crippen molar-refractivity contribution in [2.75, 3.05) is 0 Å². The van der Waals surface area contributed by atoms with Gasteiger partial charge < -0.3 is 60.2 Å². The van der Waals surface area contributed by atoms with Gasteiger partial charge in [-0.1, -0.05) is 0 Å². The maximum Gasteiger partial charge on any atom is 0.343 e. The van der Waals surface area contributed by atoms with Crippen LogP contribution in [-0.2, 0) is 11.2 Å². The highest BCUT2D eigenvalue weighted by Crippen LogP contribution is 2.46. The molecule has 14 nitrogen and oxygen atoms in total. The molecule has 1 aliphatic rings. The molecule has 4 aromatic carbocycles. The number of rotatable bonds is 5. The van der Waals surface area contributed by atoms with Crippen LogP contribution in [0.3, 0.4) is 0 Å². The minimum absolute atomic E-state index is 0.0216. The predicted molar refractivity (Wildman–Crippen MR) is 147 cm³/mol. The second-order valence-corrected chi connectivity index (χ2v) is 9.93. The minimum atomic E-state index is -1.26. The minimum Gasteiger partial charge on any atom is -0.508 e. The molecule has 1 aliphatic heterocycles. The highest BCUT2D eigenvalue weighted by atomic mass is 16.6. The second kappa shape index (κ2) is 10.9. The van der Waals surface area contributed by atoms with Crippen molar-refractivity contribution >= 4 is 11.9 Å². The number of aryl methyl sites for hydroxylation is 1. The van der Waals surface area contributed by atoms with Crippen LogP contribution >= 0.6 is 0 Å². The van der Waals surface area contributed by atoms with Crippen molar-refractivity contribution in [1.29, 1.82) is 0 Å². The van der Waals surface area contributed by atoms with Crippen LogP contribution in [0.1, 0.15) is 43.5 Å². The Morgan fingerprint density at radius 1 is 0.682 bits per heavy atom. The summed E-state index contributed by atoms with van der Waals surface area (Å²) in [4.78, 5) is 26.0. The molecule has 5 rings (SSSR count). The summed E-state index contributed by atoms with van der Waals surface area (Å²) >= 11 is 0. The number of esters is 2. The average molecular weight is 609 g/mol. The lowest BCUT2D eigenvalue weighted by Gasteiger charge is -2.34. The Morgan fingerprint density at radius 2 is 1.20 bits per heavy atom. The van der Waals surface area contributed by atoms with Crippen molar-refractivity contribution in [1.82, 2.24) is 0 Å². The highest BCUT2D eigenvalue weighted by molar-refractivity contribution is 5.93. The number of aromatic hydroxyl groups is 9. The fraction of sp³-hybridized carbons (Fsp3) is 0.133. The van der Waals surface area contributed by atoms with Gasteiger partial charge in [-0.3, -0.25) is 0 Å². The largest absolute Gasteiger partial charge is 0.508 e. The van der Waals surface area contributed by atoms with Gasteiger partial charge in [-0.15, -0.1) is 0 Å². The number of hydrogen-bond donors (Lipinski definition) is 9. The molecule has 0 bridgehead atoms. The molecule has 0 unspecified atom stereocenters. The molecule has 0 fully saturated rings. The molecule has 14 heteroatoms. The summed E-state index contributed by atoms with van der Waals surface area (Å²) in [6.45, 7) is 1.50. The molecule has 0 aromatic heterocycles. The van der Waals surface area contributed by atoms with Gasteiger partial charge >= 0.3 is 11.9 Å². The Labute approximate surface area is 247 Å². The van der Waals surface area contributed by atoms with E-state index in [1.54, 1.807) is 0 Å². The lowest BCUT2D eigenvalue weighted by molar-refractivity contribution is -0.0189. The molecule has 2 atom stereocenters. The number of phenolic OH excluding ortho intramolecular Hbond substituents is 9. The van der Waals surface area contributed by atoms with Crippen LogP contribution in [0.25, 0.3) is 0 Å². The Morgan fingerprint density at radius 3 is 1.75 bits per heavy atom. The van der Waals surface area contributed by atoms with E-state index in [2.05, 4.69) is 0 Å². The summed E-state index contributed by atoms with van der Waals surface area (Å²) < 4.78 is 17.2. The normalized spacial score (nSPS) is 15.6. The van der Waals surface area contributed by atoms with E-state index in [0.29, 0.717) is 0 Å². The van der Waals surface area contributed by atoms with E-state index in [1.165, 1.54) is 25.1 Å². The number of ether oxygens (including phenoxy) is 3. The van der Waals surface area contributed by atoms with Crippen LogP contribution < -0.4 is 9.47 Å². The van der Waals surface area contributed by atoms with Crippen LogP contribution in [0.4, 0.5) is 0 Å². The number of phenols is 9. The zero-order valence-corrected chi connectivity index (χ0v) is 22.5. The van der Waals surface area contributed by atoms with Gasteiger partial charge in [0.05, 0.1) is 11.1 Å². The van der Waals surface area contributed by atoms with E-state index >= 15 is 0 Å². The molecular weight excluding hydrogens is 584 g/mol. The Kier molecular flexibility index (Phi) is 7.27. The van der Waals surface area contributed by atoms with Crippen LogP contribution in [-0.4, -0.2) is 64.0 Å². The van der Waals surface area contributed by atoms with Gasteiger partial charge in [-0.25, -0.2) is 9.59 Å². The average Bonchev–Trinajstić information content (AvgIpc) is 2.96. The SMILES string of the molecule is Cc1cc([C@H]2Oc3cc(O)cc(OC(=O)c4cc(O)c(O)c(O)c4)c3C[C@H]2OC(=O)c2cc(O)c(O)c(O)c2)cc(O)c1O. The number of carbonyl (C=O) groups excluding carboxylic acids is 2. The summed E-state index contributed by atoms with van der Waals surface area (Å²) in [7, 11) is 0. The fourth-order valence-electron chi connectivity index (χ4n) is 4.67. The predicted octanol–water partition coefficient (Wildman–Crippen LogP) is 3.47. The van der Waals surface area contributed by atoms with Crippen molar-refractivity contribution in [3.63, 3.8) is 0 Å². The van der Waals surface area contributed by atoms with E-state index in [9.17, 15) is 55.5 Å². The van der Waals surface area contributed by atoms with Gasteiger partial charge in [-0.2, -0.15) is 0 Å². The molecular formula is C30H24O14.